The molecule has 0 saturated heterocycles. The van der Waals surface area contributed by atoms with Crippen LogP contribution in [0.4, 0.5) is 0 Å². The minimum atomic E-state index is -0.741. The van der Waals surface area contributed by atoms with Crippen LogP contribution in [0.2, 0.25) is 0 Å². The molecule has 7 nitrogen and oxygen atoms in total. The molecule has 1 aromatic heterocycles. The number of carbonyl (C=O) groups is 1. The highest BCUT2D eigenvalue weighted by molar-refractivity contribution is 5.75. The standard InChI is InChI=1S/C10H17N5O2/c1-14(2)6-8-11-12-13-15(8)7-10(9(16)17)4-3-5-10/h3-7H2,1-2H3,(H,16,17). The van der Waals surface area contributed by atoms with Gasteiger partial charge in [0.1, 0.15) is 0 Å². The van der Waals surface area contributed by atoms with Gasteiger partial charge in [0.2, 0.25) is 0 Å². The van der Waals surface area contributed by atoms with E-state index in [0.29, 0.717) is 31.8 Å². The molecule has 1 aliphatic carbocycles. The molecule has 2 rings (SSSR count). The summed E-state index contributed by atoms with van der Waals surface area (Å²) in [7, 11) is 3.85. The predicted octanol–water partition coefficient (Wildman–Crippen LogP) is -0.0104. The van der Waals surface area contributed by atoms with Crippen molar-refractivity contribution in [2.24, 2.45) is 5.41 Å². The molecule has 1 heterocycles. The van der Waals surface area contributed by atoms with Crippen molar-refractivity contribution in [1.82, 2.24) is 25.1 Å². The number of carboxylic acids is 1. The van der Waals surface area contributed by atoms with E-state index in [1.165, 1.54) is 0 Å². The molecular formula is C10H17N5O2. The van der Waals surface area contributed by atoms with Crippen LogP contribution in [0.3, 0.4) is 0 Å². The van der Waals surface area contributed by atoms with Crippen molar-refractivity contribution >= 4 is 5.97 Å². The Bertz CT molecular complexity index is 411. The molecule has 0 aliphatic heterocycles. The van der Waals surface area contributed by atoms with Gasteiger partial charge in [-0.25, -0.2) is 4.68 Å². The highest BCUT2D eigenvalue weighted by Gasteiger charge is 2.45. The van der Waals surface area contributed by atoms with E-state index in [0.717, 1.165) is 6.42 Å². The summed E-state index contributed by atoms with van der Waals surface area (Å²) in [4.78, 5) is 13.2. The Balaban J connectivity index is 2.13. The lowest BCUT2D eigenvalue weighted by Gasteiger charge is -2.37. The molecule has 17 heavy (non-hydrogen) atoms. The fourth-order valence-electron chi connectivity index (χ4n) is 2.07. The molecular weight excluding hydrogens is 222 g/mol. The summed E-state index contributed by atoms with van der Waals surface area (Å²) >= 11 is 0. The smallest absolute Gasteiger partial charge is 0.311 e. The second-order valence-corrected chi connectivity index (χ2v) is 4.93. The van der Waals surface area contributed by atoms with E-state index < -0.39 is 11.4 Å². The van der Waals surface area contributed by atoms with Gasteiger partial charge in [-0.3, -0.25) is 4.79 Å². The van der Waals surface area contributed by atoms with Gasteiger partial charge in [-0.2, -0.15) is 0 Å². The van der Waals surface area contributed by atoms with Crippen LogP contribution in [-0.2, 0) is 17.9 Å². The molecule has 0 spiro atoms. The summed E-state index contributed by atoms with van der Waals surface area (Å²) in [6.45, 7) is 0.987. The largest absolute Gasteiger partial charge is 0.481 e. The molecule has 7 heteroatoms. The minimum absolute atomic E-state index is 0.374. The lowest BCUT2D eigenvalue weighted by Crippen LogP contribution is -2.42. The monoisotopic (exact) mass is 239 g/mol. The van der Waals surface area contributed by atoms with Gasteiger partial charge >= 0.3 is 5.97 Å². The summed E-state index contributed by atoms with van der Waals surface area (Å²) in [6, 6.07) is 0. The van der Waals surface area contributed by atoms with Crippen molar-refractivity contribution < 1.29 is 9.90 Å². The predicted molar refractivity (Wildman–Crippen MR) is 59.1 cm³/mol. The molecule has 0 amide bonds. The van der Waals surface area contributed by atoms with Crippen molar-refractivity contribution in [1.29, 1.82) is 0 Å². The zero-order valence-electron chi connectivity index (χ0n) is 10.1. The maximum atomic E-state index is 11.3. The number of tetrazole rings is 1. The van der Waals surface area contributed by atoms with Gasteiger partial charge in [0, 0.05) is 0 Å². The zero-order valence-corrected chi connectivity index (χ0v) is 10.1. The van der Waals surface area contributed by atoms with Crippen molar-refractivity contribution in [3.05, 3.63) is 5.82 Å². The van der Waals surface area contributed by atoms with Gasteiger partial charge in [-0.05, 0) is 37.4 Å². The lowest BCUT2D eigenvalue weighted by atomic mass is 9.69. The Kier molecular flexibility index (Phi) is 3.10. The SMILES string of the molecule is CN(C)Cc1nnnn1CC1(C(=O)O)CCC1. The molecule has 1 N–H and O–H groups in total. The normalized spacial score (nSPS) is 18.1. The highest BCUT2D eigenvalue weighted by atomic mass is 16.4. The number of carboxylic acid groups (broad SMARTS) is 1. The molecule has 0 aromatic carbocycles. The number of aromatic nitrogens is 4. The molecule has 1 aromatic rings. The van der Waals surface area contributed by atoms with E-state index in [-0.39, 0.29) is 0 Å². The topological polar surface area (TPSA) is 84.1 Å². The molecule has 1 fully saturated rings. The lowest BCUT2D eigenvalue weighted by molar-refractivity contribution is -0.156. The number of rotatable bonds is 5. The van der Waals surface area contributed by atoms with Crippen LogP contribution < -0.4 is 0 Å². The van der Waals surface area contributed by atoms with Crippen LogP contribution in [0.5, 0.6) is 0 Å². The molecule has 0 atom stereocenters. The van der Waals surface area contributed by atoms with E-state index in [1.807, 2.05) is 19.0 Å². The van der Waals surface area contributed by atoms with Gasteiger partial charge in [-0.1, -0.05) is 6.42 Å². The third-order valence-corrected chi connectivity index (χ3v) is 3.28. The molecule has 1 aliphatic rings. The number of aliphatic carboxylic acids is 1. The Labute approximate surface area is 99.4 Å². The number of nitrogens with zero attached hydrogens (tertiary/aromatic N) is 5. The van der Waals surface area contributed by atoms with E-state index in [1.54, 1.807) is 4.68 Å². The van der Waals surface area contributed by atoms with Crippen LogP contribution in [0.15, 0.2) is 0 Å². The number of hydrogen-bond donors (Lipinski definition) is 1. The fourth-order valence-corrected chi connectivity index (χ4v) is 2.07. The summed E-state index contributed by atoms with van der Waals surface area (Å²) < 4.78 is 1.62. The average Bonchev–Trinajstić information content (AvgIpc) is 2.57. The van der Waals surface area contributed by atoms with Gasteiger partial charge in [0.15, 0.2) is 5.82 Å². The van der Waals surface area contributed by atoms with Gasteiger partial charge in [0.25, 0.3) is 0 Å². The Morgan fingerprint density at radius 1 is 1.53 bits per heavy atom. The Hall–Kier alpha value is -1.50. The second-order valence-electron chi connectivity index (χ2n) is 4.93. The van der Waals surface area contributed by atoms with Gasteiger partial charge < -0.3 is 10.0 Å². The average molecular weight is 239 g/mol. The summed E-state index contributed by atoms with van der Waals surface area (Å²) in [5.74, 6) is -0.0300. The van der Waals surface area contributed by atoms with E-state index >= 15 is 0 Å². The molecule has 0 radical (unpaired) electrons. The Morgan fingerprint density at radius 2 is 2.24 bits per heavy atom. The highest BCUT2D eigenvalue weighted by Crippen LogP contribution is 2.42. The van der Waals surface area contributed by atoms with Crippen LogP contribution in [0.1, 0.15) is 25.1 Å². The third-order valence-electron chi connectivity index (χ3n) is 3.28. The first kappa shape index (κ1) is 12.0. The van der Waals surface area contributed by atoms with Crippen molar-refractivity contribution in [2.45, 2.75) is 32.4 Å². The van der Waals surface area contributed by atoms with E-state index in [2.05, 4.69) is 15.5 Å². The zero-order chi connectivity index (χ0) is 12.5. The van der Waals surface area contributed by atoms with Crippen molar-refractivity contribution in [2.75, 3.05) is 14.1 Å². The van der Waals surface area contributed by atoms with Crippen LogP contribution in [-0.4, -0.2) is 50.3 Å². The quantitative estimate of drug-likeness (QED) is 0.778. The molecule has 94 valence electrons. The van der Waals surface area contributed by atoms with Crippen molar-refractivity contribution in [3.63, 3.8) is 0 Å². The maximum absolute atomic E-state index is 11.3. The van der Waals surface area contributed by atoms with Gasteiger partial charge in [0.05, 0.1) is 18.5 Å². The maximum Gasteiger partial charge on any atom is 0.311 e. The summed E-state index contributed by atoms with van der Waals surface area (Å²) in [5.41, 5.74) is -0.656. The third kappa shape index (κ3) is 2.28. The van der Waals surface area contributed by atoms with E-state index in [4.69, 9.17) is 0 Å². The molecule has 0 bridgehead atoms. The van der Waals surface area contributed by atoms with Crippen molar-refractivity contribution in [3.8, 4) is 0 Å². The van der Waals surface area contributed by atoms with Crippen LogP contribution >= 0.6 is 0 Å². The van der Waals surface area contributed by atoms with Crippen LogP contribution in [0, 0.1) is 5.41 Å². The number of hydrogen-bond acceptors (Lipinski definition) is 5. The Morgan fingerprint density at radius 3 is 2.71 bits per heavy atom. The molecule has 0 unspecified atom stereocenters. The van der Waals surface area contributed by atoms with E-state index in [9.17, 15) is 9.90 Å². The molecule has 1 saturated carbocycles. The first-order valence-corrected chi connectivity index (χ1v) is 5.67. The van der Waals surface area contributed by atoms with Gasteiger partial charge in [-0.15, -0.1) is 5.10 Å². The second kappa shape index (κ2) is 4.40. The summed E-state index contributed by atoms with van der Waals surface area (Å²) in [6.07, 6.45) is 2.39. The minimum Gasteiger partial charge on any atom is -0.481 e. The first-order valence-electron chi connectivity index (χ1n) is 5.67. The first-order chi connectivity index (χ1) is 8.03. The summed E-state index contributed by atoms with van der Waals surface area (Å²) in [5, 5.41) is 20.7. The van der Waals surface area contributed by atoms with Crippen LogP contribution in [0.25, 0.3) is 0 Å². The fraction of sp³-hybridized carbons (Fsp3) is 0.800.